The lowest BCUT2D eigenvalue weighted by Crippen LogP contribution is -2.39. The molecule has 0 saturated carbocycles. The van der Waals surface area contributed by atoms with Crippen LogP contribution in [0.25, 0.3) is 0 Å². The van der Waals surface area contributed by atoms with Gasteiger partial charge in [0.2, 0.25) is 0 Å². The van der Waals surface area contributed by atoms with Crippen LogP contribution in [0.2, 0.25) is 0 Å². The van der Waals surface area contributed by atoms with E-state index in [1.165, 1.54) is 5.56 Å². The Morgan fingerprint density at radius 1 is 1.33 bits per heavy atom. The highest BCUT2D eigenvalue weighted by Crippen LogP contribution is 2.20. The fourth-order valence-electron chi connectivity index (χ4n) is 1.70. The van der Waals surface area contributed by atoms with E-state index in [9.17, 15) is 4.79 Å². The third-order valence-electron chi connectivity index (χ3n) is 3.25. The van der Waals surface area contributed by atoms with Gasteiger partial charge in [0.25, 0.3) is 0 Å². The summed E-state index contributed by atoms with van der Waals surface area (Å²) >= 11 is 0. The molecule has 0 radical (unpaired) electrons. The van der Waals surface area contributed by atoms with Crippen molar-refractivity contribution in [1.82, 2.24) is 5.32 Å². The van der Waals surface area contributed by atoms with Crippen LogP contribution in [0.4, 0.5) is 5.69 Å². The zero-order valence-corrected chi connectivity index (χ0v) is 11.2. The number of hydrogen-bond donors (Lipinski definition) is 3. The van der Waals surface area contributed by atoms with Crippen LogP contribution in [0.15, 0.2) is 24.3 Å². The lowest BCUT2D eigenvalue weighted by atomic mass is 9.99. The van der Waals surface area contributed by atoms with Crippen molar-refractivity contribution in [2.24, 2.45) is 0 Å². The predicted molar refractivity (Wildman–Crippen MR) is 74.1 cm³/mol. The average Bonchev–Trinajstić information content (AvgIpc) is 2.39. The zero-order valence-electron chi connectivity index (χ0n) is 11.2. The van der Waals surface area contributed by atoms with E-state index in [2.05, 4.69) is 36.6 Å². The number of carboxylic acid groups (broad SMARTS) is 1. The number of anilines is 1. The first-order valence-corrected chi connectivity index (χ1v) is 6.32. The van der Waals surface area contributed by atoms with Crippen molar-refractivity contribution in [1.29, 1.82) is 0 Å². The Morgan fingerprint density at radius 3 is 2.39 bits per heavy atom. The largest absolute Gasteiger partial charge is 0.480 e. The molecule has 0 aliphatic heterocycles. The highest BCUT2D eigenvalue weighted by molar-refractivity contribution is 5.74. The molecule has 0 spiro atoms. The normalized spacial score (nSPS) is 13.9. The molecule has 100 valence electrons. The lowest BCUT2D eigenvalue weighted by molar-refractivity contribution is -0.138. The highest BCUT2D eigenvalue weighted by Gasteiger charge is 2.13. The first-order valence-electron chi connectivity index (χ1n) is 6.32. The molecule has 0 heterocycles. The molecule has 4 nitrogen and oxygen atoms in total. The number of benzene rings is 1. The summed E-state index contributed by atoms with van der Waals surface area (Å²) in [4.78, 5) is 10.8. The number of carbonyl (C=O) groups is 1. The van der Waals surface area contributed by atoms with E-state index in [4.69, 9.17) is 5.11 Å². The van der Waals surface area contributed by atoms with E-state index in [-0.39, 0.29) is 0 Å². The molecule has 1 aromatic carbocycles. The molecule has 0 amide bonds. The SMILES string of the molecule is CCC(C)c1ccc(NCC(NC)C(=O)O)cc1. The smallest absolute Gasteiger partial charge is 0.322 e. The molecule has 0 saturated heterocycles. The molecule has 2 unspecified atom stereocenters. The van der Waals surface area contributed by atoms with Crippen LogP contribution in [0.5, 0.6) is 0 Å². The Balaban J connectivity index is 2.56. The maximum absolute atomic E-state index is 10.8. The number of likely N-dealkylation sites (N-methyl/N-ethyl adjacent to an activating group) is 1. The number of carboxylic acids is 1. The number of nitrogens with one attached hydrogen (secondary N) is 2. The van der Waals surface area contributed by atoms with Gasteiger partial charge in [0.15, 0.2) is 0 Å². The third-order valence-corrected chi connectivity index (χ3v) is 3.25. The first-order chi connectivity index (χ1) is 8.58. The summed E-state index contributed by atoms with van der Waals surface area (Å²) in [5.41, 5.74) is 2.26. The van der Waals surface area contributed by atoms with Crippen LogP contribution >= 0.6 is 0 Å². The third kappa shape index (κ3) is 4.04. The van der Waals surface area contributed by atoms with Gasteiger partial charge in [0, 0.05) is 12.2 Å². The van der Waals surface area contributed by atoms with Crippen LogP contribution in [0.3, 0.4) is 0 Å². The Hall–Kier alpha value is -1.55. The summed E-state index contributed by atoms with van der Waals surface area (Å²) in [6, 6.07) is 7.60. The minimum atomic E-state index is -0.846. The second-order valence-corrected chi connectivity index (χ2v) is 4.49. The molecule has 2 atom stereocenters. The highest BCUT2D eigenvalue weighted by atomic mass is 16.4. The Morgan fingerprint density at radius 2 is 1.94 bits per heavy atom. The second-order valence-electron chi connectivity index (χ2n) is 4.49. The Bertz CT molecular complexity index is 376. The molecule has 18 heavy (non-hydrogen) atoms. The van der Waals surface area contributed by atoms with Crippen molar-refractivity contribution in [3.8, 4) is 0 Å². The Kier molecular flexibility index (Phi) is 5.65. The van der Waals surface area contributed by atoms with Gasteiger partial charge < -0.3 is 15.7 Å². The first kappa shape index (κ1) is 14.5. The van der Waals surface area contributed by atoms with Crippen LogP contribution < -0.4 is 10.6 Å². The fourth-order valence-corrected chi connectivity index (χ4v) is 1.70. The summed E-state index contributed by atoms with van der Waals surface area (Å²) in [5, 5.41) is 14.8. The quantitative estimate of drug-likeness (QED) is 0.695. The Labute approximate surface area is 108 Å². The van der Waals surface area contributed by atoms with Crippen molar-refractivity contribution in [3.63, 3.8) is 0 Å². The number of rotatable bonds is 7. The van der Waals surface area contributed by atoms with Gasteiger partial charge in [0.05, 0.1) is 0 Å². The van der Waals surface area contributed by atoms with Gasteiger partial charge in [-0.15, -0.1) is 0 Å². The fraction of sp³-hybridized carbons (Fsp3) is 0.500. The van der Waals surface area contributed by atoms with E-state index in [1.807, 2.05) is 12.1 Å². The van der Waals surface area contributed by atoms with Gasteiger partial charge in [-0.05, 0) is 37.1 Å². The second kappa shape index (κ2) is 7.01. The molecular formula is C14H22N2O2. The zero-order chi connectivity index (χ0) is 13.5. The minimum Gasteiger partial charge on any atom is -0.480 e. The van der Waals surface area contributed by atoms with Crippen molar-refractivity contribution in [2.75, 3.05) is 18.9 Å². The summed E-state index contributed by atoms with van der Waals surface area (Å²) in [5.74, 6) is -0.288. The van der Waals surface area contributed by atoms with E-state index in [0.717, 1.165) is 12.1 Å². The molecule has 0 bridgehead atoms. The molecule has 0 aromatic heterocycles. The van der Waals surface area contributed by atoms with E-state index in [1.54, 1.807) is 7.05 Å². The minimum absolute atomic E-state index is 0.370. The topological polar surface area (TPSA) is 61.4 Å². The van der Waals surface area contributed by atoms with Gasteiger partial charge in [-0.1, -0.05) is 26.0 Å². The monoisotopic (exact) mass is 250 g/mol. The van der Waals surface area contributed by atoms with Gasteiger partial charge in [-0.25, -0.2) is 0 Å². The molecule has 3 N–H and O–H groups in total. The molecule has 0 aliphatic rings. The van der Waals surface area contributed by atoms with Crippen LogP contribution in [0.1, 0.15) is 31.7 Å². The van der Waals surface area contributed by atoms with E-state index in [0.29, 0.717) is 12.5 Å². The molecule has 1 aromatic rings. The van der Waals surface area contributed by atoms with Gasteiger partial charge in [-0.3, -0.25) is 4.79 Å². The summed E-state index contributed by atoms with van der Waals surface area (Å²) in [6.07, 6.45) is 1.12. The summed E-state index contributed by atoms with van der Waals surface area (Å²) < 4.78 is 0. The lowest BCUT2D eigenvalue weighted by Gasteiger charge is -2.14. The van der Waals surface area contributed by atoms with Gasteiger partial charge >= 0.3 is 5.97 Å². The van der Waals surface area contributed by atoms with Crippen molar-refractivity contribution < 1.29 is 9.90 Å². The maximum atomic E-state index is 10.8. The maximum Gasteiger partial charge on any atom is 0.322 e. The molecule has 0 aliphatic carbocycles. The van der Waals surface area contributed by atoms with Gasteiger partial charge in [0.1, 0.15) is 6.04 Å². The van der Waals surface area contributed by atoms with E-state index >= 15 is 0 Å². The predicted octanol–water partition coefficient (Wildman–Crippen LogP) is 2.28. The van der Waals surface area contributed by atoms with Crippen molar-refractivity contribution in [2.45, 2.75) is 32.2 Å². The van der Waals surface area contributed by atoms with Gasteiger partial charge in [-0.2, -0.15) is 0 Å². The number of aliphatic carboxylic acids is 1. The molecule has 4 heteroatoms. The van der Waals surface area contributed by atoms with Crippen LogP contribution in [0, 0.1) is 0 Å². The molecular weight excluding hydrogens is 228 g/mol. The molecule has 1 rings (SSSR count). The standard InChI is InChI=1S/C14H22N2O2/c1-4-10(2)11-5-7-12(8-6-11)16-9-13(15-3)14(17)18/h5-8,10,13,15-16H,4,9H2,1-3H3,(H,17,18). The average molecular weight is 250 g/mol. The van der Waals surface area contributed by atoms with E-state index < -0.39 is 12.0 Å². The van der Waals surface area contributed by atoms with Crippen molar-refractivity contribution in [3.05, 3.63) is 29.8 Å². The van der Waals surface area contributed by atoms with Crippen molar-refractivity contribution >= 4 is 11.7 Å². The summed E-state index contributed by atoms with van der Waals surface area (Å²) in [6.45, 7) is 4.74. The molecule has 0 fully saturated rings. The summed E-state index contributed by atoms with van der Waals surface area (Å²) in [7, 11) is 1.65. The van der Waals surface area contributed by atoms with Crippen LogP contribution in [-0.2, 0) is 4.79 Å². The van der Waals surface area contributed by atoms with Crippen LogP contribution in [-0.4, -0.2) is 30.7 Å². The number of hydrogen-bond acceptors (Lipinski definition) is 3.